The van der Waals surface area contributed by atoms with E-state index in [1.54, 1.807) is 37.2 Å². The lowest BCUT2D eigenvalue weighted by Crippen LogP contribution is -2.28. The summed E-state index contributed by atoms with van der Waals surface area (Å²) in [4.78, 5) is 29.5. The van der Waals surface area contributed by atoms with Crippen LogP contribution in [0.4, 0.5) is 0 Å². The number of rotatable bonds is 7. The van der Waals surface area contributed by atoms with E-state index >= 15 is 0 Å². The highest BCUT2D eigenvalue weighted by Crippen LogP contribution is 2.15. The number of carbonyl (C=O) groups is 1. The molecule has 7 nitrogen and oxygen atoms in total. The van der Waals surface area contributed by atoms with Crippen LogP contribution < -0.4 is 5.32 Å². The number of aromatic nitrogens is 5. The second-order valence-electron chi connectivity index (χ2n) is 4.86. The van der Waals surface area contributed by atoms with E-state index in [4.69, 9.17) is 0 Å². The van der Waals surface area contributed by atoms with E-state index < -0.39 is 0 Å². The zero-order valence-electron chi connectivity index (χ0n) is 12.9. The minimum absolute atomic E-state index is 0.00187. The fourth-order valence-corrected chi connectivity index (χ4v) is 2.80. The number of nitrogens with one attached hydrogen (secondary N) is 1. The first-order valence-electron chi connectivity index (χ1n) is 7.40. The summed E-state index contributed by atoms with van der Waals surface area (Å²) in [6.07, 6.45) is 11.9. The van der Waals surface area contributed by atoms with E-state index in [1.807, 2.05) is 22.9 Å². The quantitative estimate of drug-likeness (QED) is 0.658. The van der Waals surface area contributed by atoms with Gasteiger partial charge in [-0.3, -0.25) is 14.8 Å². The molecule has 3 aromatic heterocycles. The Morgan fingerprint density at radius 1 is 1.08 bits per heavy atom. The zero-order valence-corrected chi connectivity index (χ0v) is 13.7. The molecule has 0 aromatic carbocycles. The van der Waals surface area contributed by atoms with Gasteiger partial charge in [0.25, 0.3) is 0 Å². The third-order valence-electron chi connectivity index (χ3n) is 3.20. The molecular weight excluding hydrogens is 324 g/mol. The van der Waals surface area contributed by atoms with Gasteiger partial charge in [-0.2, -0.15) is 0 Å². The molecule has 0 unspecified atom stereocenters. The predicted molar refractivity (Wildman–Crippen MR) is 91.2 cm³/mol. The van der Waals surface area contributed by atoms with Gasteiger partial charge in [-0.25, -0.2) is 9.97 Å². The van der Waals surface area contributed by atoms with Crippen LogP contribution in [0.15, 0.2) is 60.4 Å². The first kappa shape index (κ1) is 16.1. The van der Waals surface area contributed by atoms with Crippen LogP contribution in [0, 0.1) is 0 Å². The minimum Gasteiger partial charge on any atom is -0.354 e. The van der Waals surface area contributed by atoms with Crippen LogP contribution in [-0.4, -0.2) is 42.7 Å². The molecule has 0 radical (unpaired) electrons. The summed E-state index contributed by atoms with van der Waals surface area (Å²) in [6, 6.07) is 3.77. The minimum atomic E-state index is -0.00187. The van der Waals surface area contributed by atoms with Crippen molar-refractivity contribution in [3.63, 3.8) is 0 Å². The number of hydrogen-bond donors (Lipinski definition) is 1. The van der Waals surface area contributed by atoms with Gasteiger partial charge < -0.3 is 9.88 Å². The van der Waals surface area contributed by atoms with E-state index in [9.17, 15) is 4.79 Å². The molecular formula is C16H16N6OS. The molecule has 1 amide bonds. The van der Waals surface area contributed by atoms with Gasteiger partial charge in [-0.05, 0) is 12.1 Å². The van der Waals surface area contributed by atoms with Crippen LogP contribution in [0.5, 0.6) is 0 Å². The van der Waals surface area contributed by atoms with E-state index in [0.717, 1.165) is 10.7 Å². The second kappa shape index (κ2) is 8.21. The van der Waals surface area contributed by atoms with E-state index in [-0.39, 0.29) is 5.91 Å². The van der Waals surface area contributed by atoms with Crippen LogP contribution in [0.25, 0.3) is 11.5 Å². The Hall–Kier alpha value is -2.74. The maximum Gasteiger partial charge on any atom is 0.230 e. The van der Waals surface area contributed by atoms with Crippen molar-refractivity contribution in [2.75, 3.05) is 12.3 Å². The molecule has 0 fully saturated rings. The highest BCUT2D eigenvalue weighted by molar-refractivity contribution is 8.00. The molecule has 0 spiro atoms. The number of pyridine rings is 1. The van der Waals surface area contributed by atoms with Crippen molar-refractivity contribution in [2.45, 2.75) is 11.4 Å². The Morgan fingerprint density at radius 3 is 2.75 bits per heavy atom. The second-order valence-corrected chi connectivity index (χ2v) is 5.91. The average Bonchev–Trinajstić information content (AvgIpc) is 3.10. The third kappa shape index (κ3) is 4.39. The van der Waals surface area contributed by atoms with Crippen molar-refractivity contribution in [1.29, 1.82) is 0 Å². The molecule has 24 heavy (non-hydrogen) atoms. The lowest BCUT2D eigenvalue weighted by atomic mass is 10.4. The molecule has 0 atom stereocenters. The van der Waals surface area contributed by atoms with Gasteiger partial charge in [0.05, 0.1) is 11.9 Å². The molecule has 0 aliphatic carbocycles. The van der Waals surface area contributed by atoms with Crippen molar-refractivity contribution in [3.05, 3.63) is 55.5 Å². The zero-order chi connectivity index (χ0) is 16.6. The first-order chi connectivity index (χ1) is 11.8. The molecule has 0 aliphatic heterocycles. The Kier molecular flexibility index (Phi) is 5.52. The SMILES string of the molecule is O=C(CSc1ccncc1)NCCn1ccnc1-c1cnccn1. The number of thioether (sulfide) groups is 1. The van der Waals surface area contributed by atoms with Gasteiger partial charge in [0.1, 0.15) is 5.69 Å². The predicted octanol–water partition coefficient (Wildman–Crippen LogP) is 1.64. The van der Waals surface area contributed by atoms with Crippen molar-refractivity contribution < 1.29 is 4.79 Å². The highest BCUT2D eigenvalue weighted by atomic mass is 32.2. The number of imidazole rings is 1. The van der Waals surface area contributed by atoms with Gasteiger partial charge in [-0.1, -0.05) is 0 Å². The maximum atomic E-state index is 11.9. The molecule has 122 valence electrons. The number of carbonyl (C=O) groups excluding carboxylic acids is 1. The fraction of sp³-hybridized carbons (Fsp3) is 0.188. The van der Waals surface area contributed by atoms with Crippen molar-refractivity contribution in [3.8, 4) is 11.5 Å². The lowest BCUT2D eigenvalue weighted by molar-refractivity contribution is -0.118. The smallest absolute Gasteiger partial charge is 0.230 e. The molecule has 8 heteroatoms. The lowest BCUT2D eigenvalue weighted by Gasteiger charge is -2.08. The molecule has 3 aromatic rings. The molecule has 0 aliphatic rings. The number of nitrogens with zero attached hydrogens (tertiary/aromatic N) is 5. The summed E-state index contributed by atoms with van der Waals surface area (Å²) in [5.41, 5.74) is 0.710. The van der Waals surface area contributed by atoms with Gasteiger partial charge in [0.2, 0.25) is 5.91 Å². The Balaban J connectivity index is 1.47. The van der Waals surface area contributed by atoms with Gasteiger partial charge in [0.15, 0.2) is 5.82 Å². The van der Waals surface area contributed by atoms with E-state index in [0.29, 0.717) is 24.5 Å². The number of hydrogen-bond acceptors (Lipinski definition) is 6. The summed E-state index contributed by atoms with van der Waals surface area (Å²) >= 11 is 1.49. The highest BCUT2D eigenvalue weighted by Gasteiger charge is 2.08. The van der Waals surface area contributed by atoms with Crippen LogP contribution >= 0.6 is 11.8 Å². The van der Waals surface area contributed by atoms with Gasteiger partial charge in [-0.15, -0.1) is 11.8 Å². The van der Waals surface area contributed by atoms with E-state index in [2.05, 4.69) is 25.3 Å². The standard InChI is InChI=1S/C16H16N6OS/c23-15(12-24-13-1-3-17-4-2-13)20-7-9-22-10-8-21-16(22)14-11-18-5-6-19-14/h1-6,8,10-11H,7,9,12H2,(H,20,23). The summed E-state index contributed by atoms with van der Waals surface area (Å²) in [6.45, 7) is 1.15. The summed E-state index contributed by atoms with van der Waals surface area (Å²) < 4.78 is 1.94. The third-order valence-corrected chi connectivity index (χ3v) is 4.21. The Morgan fingerprint density at radius 2 is 1.96 bits per heavy atom. The molecule has 0 bridgehead atoms. The largest absolute Gasteiger partial charge is 0.354 e. The average molecular weight is 340 g/mol. The molecule has 3 rings (SSSR count). The van der Waals surface area contributed by atoms with Crippen LogP contribution in [0.1, 0.15) is 0 Å². The molecule has 0 saturated carbocycles. The summed E-state index contributed by atoms with van der Waals surface area (Å²) in [7, 11) is 0. The summed E-state index contributed by atoms with van der Waals surface area (Å²) in [5, 5.41) is 2.91. The first-order valence-corrected chi connectivity index (χ1v) is 8.38. The van der Waals surface area contributed by atoms with Crippen LogP contribution in [0.3, 0.4) is 0 Å². The van der Waals surface area contributed by atoms with Gasteiger partial charge >= 0.3 is 0 Å². The van der Waals surface area contributed by atoms with Crippen molar-refractivity contribution in [2.24, 2.45) is 0 Å². The fourth-order valence-electron chi connectivity index (χ4n) is 2.09. The molecule has 0 saturated heterocycles. The Bertz CT molecular complexity index is 778. The molecule has 1 N–H and O–H groups in total. The topological polar surface area (TPSA) is 85.6 Å². The normalized spacial score (nSPS) is 10.5. The van der Waals surface area contributed by atoms with Crippen LogP contribution in [0.2, 0.25) is 0 Å². The monoisotopic (exact) mass is 340 g/mol. The Labute approximate surface area is 143 Å². The number of amides is 1. The maximum absolute atomic E-state index is 11.9. The van der Waals surface area contributed by atoms with Crippen LogP contribution in [-0.2, 0) is 11.3 Å². The van der Waals surface area contributed by atoms with E-state index in [1.165, 1.54) is 11.8 Å². The van der Waals surface area contributed by atoms with Crippen molar-refractivity contribution in [1.82, 2.24) is 29.8 Å². The molecule has 3 heterocycles. The van der Waals surface area contributed by atoms with Crippen molar-refractivity contribution >= 4 is 17.7 Å². The van der Waals surface area contributed by atoms with Gasteiger partial charge in [0, 0.05) is 55.2 Å². The summed E-state index contributed by atoms with van der Waals surface area (Å²) in [5.74, 6) is 1.12.